The van der Waals surface area contributed by atoms with Gasteiger partial charge in [-0.1, -0.05) is 34.6 Å². The van der Waals surface area contributed by atoms with Crippen molar-refractivity contribution < 1.29 is 0 Å². The van der Waals surface area contributed by atoms with Crippen LogP contribution >= 0.6 is 0 Å². The normalized spacial score (nSPS) is 21.9. The van der Waals surface area contributed by atoms with Crippen LogP contribution in [-0.4, -0.2) is 21.3 Å². The molecule has 0 spiro atoms. The van der Waals surface area contributed by atoms with Crippen molar-refractivity contribution in [2.45, 2.75) is 53.1 Å². The third kappa shape index (κ3) is 2.23. The predicted octanol–water partition coefficient (Wildman–Crippen LogP) is 2.34. The minimum atomic E-state index is 0.351. The van der Waals surface area contributed by atoms with E-state index in [2.05, 4.69) is 54.7 Å². The van der Waals surface area contributed by atoms with Crippen molar-refractivity contribution in [3.8, 4) is 0 Å². The van der Waals surface area contributed by atoms with Crippen LogP contribution in [0.5, 0.6) is 0 Å². The second kappa shape index (κ2) is 4.77. The predicted molar refractivity (Wildman–Crippen MR) is 68.9 cm³/mol. The molecule has 4 nitrogen and oxygen atoms in total. The first-order valence-electron chi connectivity index (χ1n) is 6.68. The molecule has 0 saturated carbocycles. The van der Waals surface area contributed by atoms with Gasteiger partial charge < -0.3 is 9.88 Å². The lowest BCUT2D eigenvalue weighted by molar-refractivity contribution is 0.330. The van der Waals surface area contributed by atoms with Crippen molar-refractivity contribution in [1.29, 1.82) is 0 Å². The zero-order valence-electron chi connectivity index (χ0n) is 11.6. The highest BCUT2D eigenvalue weighted by Crippen LogP contribution is 2.28. The lowest BCUT2D eigenvalue weighted by Gasteiger charge is -2.28. The SMILES string of the molecule is CC(C)C(C)c1nnc2n1CCNC2C(C)C. The molecule has 2 rings (SSSR count). The molecule has 17 heavy (non-hydrogen) atoms. The molecule has 1 aliphatic heterocycles. The summed E-state index contributed by atoms with van der Waals surface area (Å²) in [5.41, 5.74) is 0. The molecular formula is C13H24N4. The first-order chi connectivity index (χ1) is 8.02. The summed E-state index contributed by atoms with van der Waals surface area (Å²) in [7, 11) is 0. The second-order valence-electron chi connectivity index (χ2n) is 5.78. The van der Waals surface area contributed by atoms with Crippen molar-refractivity contribution in [2.24, 2.45) is 11.8 Å². The summed E-state index contributed by atoms with van der Waals surface area (Å²) >= 11 is 0. The van der Waals surface area contributed by atoms with Crippen LogP contribution < -0.4 is 5.32 Å². The highest BCUT2D eigenvalue weighted by Gasteiger charge is 2.29. The summed E-state index contributed by atoms with van der Waals surface area (Å²) in [6, 6.07) is 0.351. The molecule has 1 aromatic rings. The number of aromatic nitrogens is 3. The first kappa shape index (κ1) is 12.6. The van der Waals surface area contributed by atoms with Gasteiger partial charge in [0.1, 0.15) is 5.82 Å². The van der Waals surface area contributed by atoms with Crippen LogP contribution in [0.3, 0.4) is 0 Å². The van der Waals surface area contributed by atoms with Crippen molar-refractivity contribution >= 4 is 0 Å². The average molecular weight is 236 g/mol. The van der Waals surface area contributed by atoms with E-state index in [-0.39, 0.29) is 0 Å². The number of rotatable bonds is 3. The number of hydrogen-bond acceptors (Lipinski definition) is 3. The Kier molecular flexibility index (Phi) is 3.52. The van der Waals surface area contributed by atoms with Gasteiger partial charge in [0.05, 0.1) is 6.04 Å². The van der Waals surface area contributed by atoms with E-state index in [0.717, 1.165) is 24.7 Å². The van der Waals surface area contributed by atoms with Gasteiger partial charge in [0.2, 0.25) is 0 Å². The lowest BCUT2D eigenvalue weighted by Crippen LogP contribution is -2.37. The maximum absolute atomic E-state index is 4.42. The summed E-state index contributed by atoms with van der Waals surface area (Å²) < 4.78 is 2.33. The van der Waals surface area contributed by atoms with Crippen LogP contribution in [0.25, 0.3) is 0 Å². The first-order valence-corrected chi connectivity index (χ1v) is 6.68. The van der Waals surface area contributed by atoms with E-state index in [0.29, 0.717) is 23.8 Å². The molecule has 96 valence electrons. The van der Waals surface area contributed by atoms with Gasteiger partial charge >= 0.3 is 0 Å². The van der Waals surface area contributed by atoms with Crippen molar-refractivity contribution in [3.63, 3.8) is 0 Å². The third-order valence-corrected chi connectivity index (χ3v) is 3.86. The Hall–Kier alpha value is -0.900. The zero-order chi connectivity index (χ0) is 12.6. The standard InChI is InChI=1S/C13H24N4/c1-8(2)10(5)12-15-16-13-11(9(3)4)14-6-7-17(12)13/h8-11,14H,6-7H2,1-5H3. The zero-order valence-corrected chi connectivity index (χ0v) is 11.6. The number of nitrogens with one attached hydrogen (secondary N) is 1. The van der Waals surface area contributed by atoms with Gasteiger partial charge in [0.25, 0.3) is 0 Å². The van der Waals surface area contributed by atoms with Crippen molar-refractivity contribution in [3.05, 3.63) is 11.6 Å². The van der Waals surface area contributed by atoms with Crippen LogP contribution in [0.4, 0.5) is 0 Å². The molecule has 0 saturated heterocycles. The molecule has 2 atom stereocenters. The monoisotopic (exact) mass is 236 g/mol. The van der Waals surface area contributed by atoms with E-state index in [1.165, 1.54) is 0 Å². The molecular weight excluding hydrogens is 212 g/mol. The van der Waals surface area contributed by atoms with Gasteiger partial charge in [0.15, 0.2) is 5.82 Å². The molecule has 4 heteroatoms. The Morgan fingerprint density at radius 1 is 1.18 bits per heavy atom. The summed E-state index contributed by atoms with van der Waals surface area (Å²) in [6.07, 6.45) is 0. The van der Waals surface area contributed by atoms with Gasteiger partial charge in [-0.2, -0.15) is 0 Å². The smallest absolute Gasteiger partial charge is 0.150 e. The van der Waals surface area contributed by atoms with Gasteiger partial charge in [-0.3, -0.25) is 0 Å². The Bertz CT molecular complexity index is 367. The summed E-state index contributed by atoms with van der Waals surface area (Å²) in [6.45, 7) is 13.2. The van der Waals surface area contributed by atoms with E-state index < -0.39 is 0 Å². The maximum atomic E-state index is 4.42. The highest BCUT2D eigenvalue weighted by atomic mass is 15.3. The van der Waals surface area contributed by atoms with Crippen LogP contribution in [0.2, 0.25) is 0 Å². The van der Waals surface area contributed by atoms with Crippen LogP contribution in [0, 0.1) is 11.8 Å². The topological polar surface area (TPSA) is 42.7 Å². The molecule has 0 aliphatic carbocycles. The van der Waals surface area contributed by atoms with E-state index in [4.69, 9.17) is 0 Å². The molecule has 0 fully saturated rings. The van der Waals surface area contributed by atoms with Gasteiger partial charge in [0, 0.05) is 19.0 Å². The number of nitrogens with zero attached hydrogens (tertiary/aromatic N) is 3. The quantitative estimate of drug-likeness (QED) is 0.876. The summed E-state index contributed by atoms with van der Waals surface area (Å²) in [5, 5.41) is 12.4. The third-order valence-electron chi connectivity index (χ3n) is 3.86. The van der Waals surface area contributed by atoms with Crippen LogP contribution in [-0.2, 0) is 6.54 Å². The average Bonchev–Trinajstić information content (AvgIpc) is 2.70. The maximum Gasteiger partial charge on any atom is 0.150 e. The minimum absolute atomic E-state index is 0.351. The molecule has 1 aliphatic rings. The molecule has 0 bridgehead atoms. The molecule has 2 heterocycles. The van der Waals surface area contributed by atoms with Crippen LogP contribution in [0.15, 0.2) is 0 Å². The summed E-state index contributed by atoms with van der Waals surface area (Å²) in [4.78, 5) is 0. The fraction of sp³-hybridized carbons (Fsp3) is 0.846. The Morgan fingerprint density at radius 3 is 2.47 bits per heavy atom. The lowest BCUT2D eigenvalue weighted by atomic mass is 9.96. The number of hydrogen-bond donors (Lipinski definition) is 1. The van der Waals surface area contributed by atoms with Gasteiger partial charge in [-0.25, -0.2) is 0 Å². The van der Waals surface area contributed by atoms with Crippen molar-refractivity contribution in [1.82, 2.24) is 20.1 Å². The Balaban J connectivity index is 2.34. The Labute approximate surface area is 104 Å². The highest BCUT2D eigenvalue weighted by molar-refractivity contribution is 5.08. The van der Waals surface area contributed by atoms with E-state index in [9.17, 15) is 0 Å². The molecule has 2 unspecified atom stereocenters. The summed E-state index contributed by atoms with van der Waals surface area (Å²) in [5.74, 6) is 3.91. The van der Waals surface area contributed by atoms with Gasteiger partial charge in [-0.05, 0) is 11.8 Å². The molecule has 0 amide bonds. The van der Waals surface area contributed by atoms with E-state index >= 15 is 0 Å². The second-order valence-corrected chi connectivity index (χ2v) is 5.78. The molecule has 0 aromatic carbocycles. The Morgan fingerprint density at radius 2 is 1.88 bits per heavy atom. The van der Waals surface area contributed by atoms with E-state index in [1.54, 1.807) is 0 Å². The molecule has 1 N–H and O–H groups in total. The minimum Gasteiger partial charge on any atom is -0.312 e. The molecule has 0 radical (unpaired) electrons. The fourth-order valence-electron chi connectivity index (χ4n) is 2.38. The largest absolute Gasteiger partial charge is 0.312 e. The number of fused-ring (bicyclic) bond motifs is 1. The van der Waals surface area contributed by atoms with Crippen LogP contribution in [0.1, 0.15) is 58.2 Å². The fourth-order valence-corrected chi connectivity index (χ4v) is 2.38. The van der Waals surface area contributed by atoms with Crippen molar-refractivity contribution in [2.75, 3.05) is 6.54 Å². The van der Waals surface area contributed by atoms with Gasteiger partial charge in [-0.15, -0.1) is 10.2 Å². The van der Waals surface area contributed by atoms with E-state index in [1.807, 2.05) is 0 Å². The molecule has 1 aromatic heterocycles.